The van der Waals surface area contributed by atoms with Gasteiger partial charge in [-0.1, -0.05) is 42.1 Å². The van der Waals surface area contributed by atoms with Crippen molar-refractivity contribution in [2.75, 3.05) is 39.0 Å². The van der Waals surface area contributed by atoms with Crippen molar-refractivity contribution in [1.29, 1.82) is 0 Å². The normalized spacial score (nSPS) is 17.3. The molecule has 1 saturated heterocycles. The summed E-state index contributed by atoms with van der Waals surface area (Å²) >= 11 is 1.46. The Balaban J connectivity index is 1.07. The molecule has 1 fully saturated rings. The van der Waals surface area contributed by atoms with Crippen LogP contribution in [0.1, 0.15) is 19.4 Å². The summed E-state index contributed by atoms with van der Waals surface area (Å²) in [5.74, 6) is 0.546. The molecular formula is C31H39N6O7PS. The number of carbonyl (C=O) groups excluding carboxylic acids is 1. The number of esters is 1. The Morgan fingerprint density at radius 2 is 1.98 bits per heavy atom. The molecule has 5 rings (SSSR count). The van der Waals surface area contributed by atoms with Gasteiger partial charge in [0.2, 0.25) is 5.95 Å². The second-order valence-corrected chi connectivity index (χ2v) is 12.5. The van der Waals surface area contributed by atoms with E-state index in [1.807, 2.05) is 73.0 Å². The maximum atomic E-state index is 12.7. The summed E-state index contributed by atoms with van der Waals surface area (Å²) in [6, 6.07) is 17.0. The molecule has 0 bridgehead atoms. The zero-order valence-electron chi connectivity index (χ0n) is 26.0. The van der Waals surface area contributed by atoms with Crippen LogP contribution in [0.15, 0.2) is 70.8 Å². The number of fused-ring (bicyclic) bond motifs is 1. The fourth-order valence-corrected chi connectivity index (χ4v) is 6.15. The highest BCUT2D eigenvalue weighted by Crippen LogP contribution is 2.32. The first-order valence-corrected chi connectivity index (χ1v) is 16.9. The Morgan fingerprint density at radius 3 is 2.74 bits per heavy atom. The maximum Gasteiger partial charge on any atom is 0.326 e. The topological polar surface area (TPSA) is 154 Å². The summed E-state index contributed by atoms with van der Waals surface area (Å²) in [7, 11) is 1.76. The van der Waals surface area contributed by atoms with Crippen LogP contribution in [0.2, 0.25) is 0 Å². The molecule has 0 saturated carbocycles. The second-order valence-electron chi connectivity index (χ2n) is 10.5. The van der Waals surface area contributed by atoms with Gasteiger partial charge in [0.1, 0.15) is 28.9 Å². The van der Waals surface area contributed by atoms with E-state index < -0.39 is 24.6 Å². The van der Waals surface area contributed by atoms with Gasteiger partial charge in [0.15, 0.2) is 18.2 Å². The molecule has 2 aromatic carbocycles. The zero-order valence-corrected chi connectivity index (χ0v) is 27.8. The molecule has 1 aliphatic heterocycles. The fourth-order valence-electron chi connectivity index (χ4n) is 4.50. The van der Waals surface area contributed by atoms with Gasteiger partial charge < -0.3 is 38.7 Å². The van der Waals surface area contributed by atoms with E-state index in [9.17, 15) is 4.79 Å². The van der Waals surface area contributed by atoms with Crippen molar-refractivity contribution in [3.05, 3.63) is 66.5 Å². The van der Waals surface area contributed by atoms with Gasteiger partial charge in [0.25, 0.3) is 0 Å². The molecule has 4 unspecified atom stereocenters. The number of nitrogens with one attached hydrogen (secondary N) is 1. The molecular weight excluding hydrogens is 631 g/mol. The Bertz CT molecular complexity index is 1550. The van der Waals surface area contributed by atoms with E-state index in [1.54, 1.807) is 13.4 Å². The predicted octanol–water partition coefficient (Wildman–Crippen LogP) is 4.00. The van der Waals surface area contributed by atoms with Crippen LogP contribution in [0.25, 0.3) is 11.2 Å². The summed E-state index contributed by atoms with van der Waals surface area (Å²) in [6.45, 7) is 4.89. The molecule has 246 valence electrons. The molecule has 2 aromatic heterocycles. The van der Waals surface area contributed by atoms with Gasteiger partial charge in [-0.05, 0) is 52.4 Å². The minimum absolute atomic E-state index is 0.0731. The Labute approximate surface area is 273 Å². The van der Waals surface area contributed by atoms with Crippen LogP contribution in [-0.2, 0) is 41.4 Å². The number of hydrogen-bond acceptors (Lipinski definition) is 13. The number of imidazole rings is 1. The van der Waals surface area contributed by atoms with Gasteiger partial charge in [-0.15, -0.1) is 0 Å². The highest BCUT2D eigenvalue weighted by molar-refractivity contribution is 7.99. The number of aromatic nitrogens is 4. The first-order chi connectivity index (χ1) is 22.4. The molecule has 13 nitrogen and oxygen atoms in total. The predicted molar refractivity (Wildman–Crippen MR) is 175 cm³/mol. The lowest BCUT2D eigenvalue weighted by Crippen LogP contribution is -2.40. The average Bonchev–Trinajstić information content (AvgIpc) is 3.67. The first kappa shape index (κ1) is 34.0. The summed E-state index contributed by atoms with van der Waals surface area (Å²) < 4.78 is 35.9. The molecule has 0 amide bonds. The first-order valence-electron chi connectivity index (χ1n) is 14.9. The molecule has 0 radical (unpaired) electrons. The quantitative estimate of drug-likeness (QED) is 0.0721. The van der Waals surface area contributed by atoms with E-state index in [0.717, 1.165) is 16.2 Å². The van der Waals surface area contributed by atoms with Crippen LogP contribution >= 0.6 is 20.5 Å². The zero-order chi connectivity index (χ0) is 32.3. The number of hydrogen-bond donors (Lipinski definition) is 2. The van der Waals surface area contributed by atoms with Gasteiger partial charge in [-0.2, -0.15) is 4.98 Å². The summed E-state index contributed by atoms with van der Waals surface area (Å²) in [5, 5.41) is 3.88. The van der Waals surface area contributed by atoms with E-state index in [1.165, 1.54) is 11.8 Å². The van der Waals surface area contributed by atoms with Crippen molar-refractivity contribution in [3.63, 3.8) is 0 Å². The number of methoxy groups -OCH3 is 1. The van der Waals surface area contributed by atoms with Crippen LogP contribution in [0, 0.1) is 0 Å². The second kappa shape index (κ2) is 17.0. The van der Waals surface area contributed by atoms with Crippen LogP contribution in [0.4, 0.5) is 5.95 Å². The fraction of sp³-hybridized carbons (Fsp3) is 0.419. The van der Waals surface area contributed by atoms with E-state index >= 15 is 0 Å². The molecule has 3 heterocycles. The number of nitrogens with zero attached hydrogens (tertiary/aromatic N) is 4. The molecule has 3 N–H and O–H groups in total. The van der Waals surface area contributed by atoms with Crippen LogP contribution in [0.3, 0.4) is 0 Å². The Hall–Kier alpha value is -3.36. The van der Waals surface area contributed by atoms with Crippen molar-refractivity contribution in [1.82, 2.24) is 24.6 Å². The van der Waals surface area contributed by atoms with E-state index in [0.29, 0.717) is 42.1 Å². The molecule has 4 atom stereocenters. The third kappa shape index (κ3) is 9.82. The van der Waals surface area contributed by atoms with E-state index in [-0.39, 0.29) is 34.0 Å². The van der Waals surface area contributed by atoms with Crippen molar-refractivity contribution in [3.8, 4) is 5.75 Å². The molecule has 1 aliphatic rings. The summed E-state index contributed by atoms with van der Waals surface area (Å²) in [5.41, 5.74) is 8.44. The largest absolute Gasteiger partial charge is 0.497 e. The third-order valence-corrected chi connectivity index (χ3v) is 8.59. The van der Waals surface area contributed by atoms with Crippen molar-refractivity contribution >= 4 is 43.6 Å². The third-order valence-electron chi connectivity index (χ3n) is 6.70. The lowest BCUT2D eigenvalue weighted by atomic mass is 10.1. The number of ether oxygens (including phenoxy) is 6. The lowest BCUT2D eigenvalue weighted by molar-refractivity contribution is -0.161. The smallest absolute Gasteiger partial charge is 0.326 e. The number of rotatable bonds is 17. The SMILES string of the molecule is COc1ccc(Sc2nc(N)nc3c2ncn3CCOCPNC(COC2COC(Cc3ccccc3)O2)C(=O)OC(C)C)cc1. The molecule has 15 heteroatoms. The number of carbonyl (C=O) groups is 1. The summed E-state index contributed by atoms with van der Waals surface area (Å²) in [6.07, 6.45) is 1.49. The van der Waals surface area contributed by atoms with Crippen LogP contribution in [-0.4, -0.2) is 83.5 Å². The van der Waals surface area contributed by atoms with Gasteiger partial charge in [0.05, 0.1) is 39.1 Å². The van der Waals surface area contributed by atoms with Crippen LogP contribution < -0.4 is 15.6 Å². The maximum absolute atomic E-state index is 12.7. The molecule has 4 aromatic rings. The number of anilines is 1. The van der Waals surface area contributed by atoms with E-state index in [4.69, 9.17) is 34.2 Å². The molecule has 0 spiro atoms. The van der Waals surface area contributed by atoms with E-state index in [2.05, 4.69) is 20.0 Å². The van der Waals surface area contributed by atoms with Gasteiger partial charge in [-0.3, -0.25) is 9.88 Å². The van der Waals surface area contributed by atoms with Crippen molar-refractivity contribution < 1.29 is 33.2 Å². The average molecular weight is 671 g/mol. The number of nitrogen functional groups attached to an aromatic ring is 1. The molecule has 46 heavy (non-hydrogen) atoms. The number of benzene rings is 2. The van der Waals surface area contributed by atoms with Crippen LogP contribution in [0.5, 0.6) is 5.75 Å². The highest BCUT2D eigenvalue weighted by Gasteiger charge is 2.29. The van der Waals surface area contributed by atoms with Crippen molar-refractivity contribution in [2.24, 2.45) is 0 Å². The Kier molecular flexibility index (Phi) is 12.5. The van der Waals surface area contributed by atoms with Gasteiger partial charge in [-0.25, -0.2) is 9.97 Å². The van der Waals surface area contributed by atoms with Crippen molar-refractivity contribution in [2.45, 2.75) is 61.5 Å². The minimum atomic E-state index is -0.681. The monoisotopic (exact) mass is 670 g/mol. The number of nitrogens with two attached hydrogens (primary N) is 1. The minimum Gasteiger partial charge on any atom is -0.497 e. The highest BCUT2D eigenvalue weighted by atomic mass is 32.2. The Morgan fingerprint density at radius 1 is 1.17 bits per heavy atom. The standard InChI is InChI=1S/C31H39N6O7PS/c1-20(2)43-30(38)24(16-41-26-17-42-25(44-26)15-21-7-5-4-6-8-21)36-45-19-40-14-13-37-18-33-27-28(37)34-31(32)35-29(27)46-23-11-9-22(39-3)10-12-23/h4-12,18,20,24-26,36,45H,13-17,19H2,1-3H3,(H2,32,34,35). The van der Waals surface area contributed by atoms with Gasteiger partial charge in [0, 0.05) is 17.9 Å². The van der Waals surface area contributed by atoms with Gasteiger partial charge >= 0.3 is 5.97 Å². The molecule has 0 aliphatic carbocycles. The lowest BCUT2D eigenvalue weighted by Gasteiger charge is -2.21. The summed E-state index contributed by atoms with van der Waals surface area (Å²) in [4.78, 5) is 27.1.